The molecule has 0 saturated carbocycles. The summed E-state index contributed by atoms with van der Waals surface area (Å²) in [7, 11) is 0. The first-order valence-corrected chi connectivity index (χ1v) is 10.00. The summed E-state index contributed by atoms with van der Waals surface area (Å²) >= 11 is 3.42. The van der Waals surface area contributed by atoms with Gasteiger partial charge in [-0.1, -0.05) is 24.3 Å². The normalized spacial score (nSPS) is 19.2. The van der Waals surface area contributed by atoms with Crippen molar-refractivity contribution in [1.29, 1.82) is 0 Å². The highest BCUT2D eigenvalue weighted by atomic mass is 79.9. The van der Waals surface area contributed by atoms with Crippen LogP contribution >= 0.6 is 15.9 Å². The minimum Gasteiger partial charge on any atom is -0.351 e. The summed E-state index contributed by atoms with van der Waals surface area (Å²) in [5, 5.41) is 5.81. The van der Waals surface area contributed by atoms with Crippen molar-refractivity contribution in [3.8, 4) is 0 Å². The number of nitrogens with zero attached hydrogens (tertiary/aromatic N) is 1. The molecule has 1 fully saturated rings. The second kappa shape index (κ2) is 8.73. The molecule has 7 heteroatoms. The zero-order valence-electron chi connectivity index (χ0n) is 15.7. The van der Waals surface area contributed by atoms with Gasteiger partial charge in [-0.05, 0) is 65.5 Å². The minimum atomic E-state index is -0.663. The number of anilines is 1. The largest absolute Gasteiger partial charge is 0.351 e. The van der Waals surface area contributed by atoms with E-state index in [1.54, 1.807) is 17.0 Å². The lowest BCUT2D eigenvalue weighted by atomic mass is 9.81. The van der Waals surface area contributed by atoms with Gasteiger partial charge >= 0.3 is 6.03 Å². The van der Waals surface area contributed by atoms with E-state index in [9.17, 15) is 14.0 Å². The van der Waals surface area contributed by atoms with E-state index in [0.717, 1.165) is 16.5 Å². The number of carbonyl (C=O) groups is 2. The predicted molar refractivity (Wildman–Crippen MR) is 110 cm³/mol. The fourth-order valence-corrected chi connectivity index (χ4v) is 3.74. The van der Waals surface area contributed by atoms with E-state index >= 15 is 0 Å². The third-order valence-electron chi connectivity index (χ3n) is 5.01. The van der Waals surface area contributed by atoms with Gasteiger partial charge in [-0.15, -0.1) is 0 Å². The van der Waals surface area contributed by atoms with Gasteiger partial charge in [0.2, 0.25) is 5.91 Å². The number of benzene rings is 2. The monoisotopic (exact) mass is 447 g/mol. The topological polar surface area (TPSA) is 61.4 Å². The average Bonchev–Trinajstić information content (AvgIpc) is 2.69. The molecule has 0 aliphatic carbocycles. The zero-order valence-corrected chi connectivity index (χ0v) is 17.3. The maximum Gasteiger partial charge on any atom is 0.321 e. The van der Waals surface area contributed by atoms with Gasteiger partial charge < -0.3 is 15.5 Å². The molecule has 0 bridgehead atoms. The number of nitrogens with one attached hydrogen (secondary N) is 2. The molecule has 28 heavy (non-hydrogen) atoms. The number of hydrogen-bond acceptors (Lipinski definition) is 2. The van der Waals surface area contributed by atoms with Crippen molar-refractivity contribution < 1.29 is 14.0 Å². The second-order valence-corrected chi connectivity index (χ2v) is 8.16. The van der Waals surface area contributed by atoms with Crippen LogP contribution in [0.15, 0.2) is 53.0 Å². The Morgan fingerprint density at radius 1 is 1.18 bits per heavy atom. The van der Waals surface area contributed by atoms with Gasteiger partial charge in [-0.3, -0.25) is 4.79 Å². The summed E-state index contributed by atoms with van der Waals surface area (Å²) in [5.74, 6) is -0.406. The molecular weight excluding hydrogens is 425 g/mol. The lowest BCUT2D eigenvalue weighted by Crippen LogP contribution is -2.52. The third kappa shape index (κ3) is 4.90. The highest BCUT2D eigenvalue weighted by molar-refractivity contribution is 9.10. The molecule has 0 spiro atoms. The molecule has 1 saturated heterocycles. The van der Waals surface area contributed by atoms with Crippen LogP contribution in [-0.4, -0.2) is 29.9 Å². The van der Waals surface area contributed by atoms with E-state index in [1.165, 1.54) is 12.1 Å². The van der Waals surface area contributed by atoms with Crippen LogP contribution < -0.4 is 10.6 Å². The number of urea groups is 1. The van der Waals surface area contributed by atoms with Crippen LogP contribution in [-0.2, 0) is 11.3 Å². The van der Waals surface area contributed by atoms with Crippen LogP contribution in [0.1, 0.15) is 25.3 Å². The van der Waals surface area contributed by atoms with Gasteiger partial charge in [-0.25, -0.2) is 9.18 Å². The standard InChI is InChI=1S/C21H23BrFN3O2/c1-21(19(27)24-13-15-7-9-16(23)10-8-15)11-4-12-26(14-21)20(28)25-18-6-3-2-5-17(18)22/h2-3,5-10H,4,11-14H2,1H3,(H,24,27)(H,25,28). The maximum atomic E-state index is 13.0. The lowest BCUT2D eigenvalue weighted by molar-refractivity contribution is -0.132. The Labute approximate surface area is 172 Å². The Bertz CT molecular complexity index is 859. The van der Waals surface area contributed by atoms with Gasteiger partial charge in [0.05, 0.1) is 11.1 Å². The van der Waals surface area contributed by atoms with Gasteiger partial charge in [0.15, 0.2) is 0 Å². The molecule has 1 atom stereocenters. The first-order valence-electron chi connectivity index (χ1n) is 9.21. The quantitative estimate of drug-likeness (QED) is 0.722. The highest BCUT2D eigenvalue weighted by Crippen LogP contribution is 2.31. The minimum absolute atomic E-state index is 0.102. The second-order valence-electron chi connectivity index (χ2n) is 7.30. The summed E-state index contributed by atoms with van der Waals surface area (Å²) < 4.78 is 13.8. The molecule has 0 aromatic heterocycles. The molecule has 1 unspecified atom stereocenters. The van der Waals surface area contributed by atoms with E-state index in [4.69, 9.17) is 0 Å². The van der Waals surface area contributed by atoms with Gasteiger partial charge in [0, 0.05) is 24.1 Å². The number of para-hydroxylation sites is 1. The summed E-state index contributed by atoms with van der Waals surface area (Å²) in [6.07, 6.45) is 1.46. The van der Waals surface area contributed by atoms with Crippen molar-refractivity contribution in [3.05, 3.63) is 64.4 Å². The predicted octanol–water partition coefficient (Wildman–Crippen LogP) is 4.54. The van der Waals surface area contributed by atoms with Crippen molar-refractivity contribution >= 4 is 33.6 Å². The molecule has 1 aliphatic rings. The van der Waals surface area contributed by atoms with Crippen LogP contribution in [0.5, 0.6) is 0 Å². The number of amides is 3. The van der Waals surface area contributed by atoms with Crippen LogP contribution in [0.25, 0.3) is 0 Å². The molecule has 148 valence electrons. The summed E-state index contributed by atoms with van der Waals surface area (Å²) in [4.78, 5) is 27.1. The van der Waals surface area contributed by atoms with E-state index in [1.807, 2.05) is 31.2 Å². The first-order chi connectivity index (χ1) is 13.4. The Kier molecular flexibility index (Phi) is 6.34. The van der Waals surface area contributed by atoms with E-state index in [0.29, 0.717) is 31.7 Å². The number of likely N-dealkylation sites (tertiary alicyclic amines) is 1. The van der Waals surface area contributed by atoms with E-state index in [2.05, 4.69) is 26.6 Å². The number of hydrogen-bond donors (Lipinski definition) is 2. The summed E-state index contributed by atoms with van der Waals surface area (Å²) in [5.41, 5.74) is 0.863. The molecular formula is C21H23BrFN3O2. The fourth-order valence-electron chi connectivity index (χ4n) is 3.35. The number of rotatable bonds is 4. The van der Waals surface area contributed by atoms with Crippen molar-refractivity contribution in [2.75, 3.05) is 18.4 Å². The molecule has 2 aromatic carbocycles. The first kappa shape index (κ1) is 20.3. The number of halogens is 2. The van der Waals surface area contributed by atoms with Crippen LogP contribution in [0.2, 0.25) is 0 Å². The summed E-state index contributed by atoms with van der Waals surface area (Å²) in [6, 6.07) is 13.2. The van der Waals surface area contributed by atoms with Crippen molar-refractivity contribution in [2.45, 2.75) is 26.3 Å². The molecule has 5 nitrogen and oxygen atoms in total. The maximum absolute atomic E-state index is 13.0. The van der Waals surface area contributed by atoms with Crippen molar-refractivity contribution in [3.63, 3.8) is 0 Å². The molecule has 2 aromatic rings. The molecule has 1 heterocycles. The Morgan fingerprint density at radius 2 is 1.89 bits per heavy atom. The fraction of sp³-hybridized carbons (Fsp3) is 0.333. The number of piperidine rings is 1. The van der Waals surface area contributed by atoms with Gasteiger partial charge in [-0.2, -0.15) is 0 Å². The molecule has 3 rings (SSSR count). The van der Waals surface area contributed by atoms with E-state index in [-0.39, 0.29) is 17.8 Å². The van der Waals surface area contributed by atoms with Crippen LogP contribution in [0.3, 0.4) is 0 Å². The lowest BCUT2D eigenvalue weighted by Gasteiger charge is -2.39. The SMILES string of the molecule is CC1(C(=O)NCc2ccc(F)cc2)CCCN(C(=O)Nc2ccccc2Br)C1. The summed E-state index contributed by atoms with van der Waals surface area (Å²) in [6.45, 7) is 3.17. The number of carbonyl (C=O) groups excluding carboxylic acids is 2. The third-order valence-corrected chi connectivity index (χ3v) is 5.71. The van der Waals surface area contributed by atoms with E-state index < -0.39 is 5.41 Å². The molecule has 3 amide bonds. The average molecular weight is 448 g/mol. The Hall–Kier alpha value is -2.41. The Balaban J connectivity index is 1.60. The van der Waals surface area contributed by atoms with Crippen molar-refractivity contribution in [1.82, 2.24) is 10.2 Å². The highest BCUT2D eigenvalue weighted by Gasteiger charge is 2.39. The van der Waals surface area contributed by atoms with Crippen LogP contribution in [0, 0.1) is 11.2 Å². The smallest absolute Gasteiger partial charge is 0.321 e. The molecule has 2 N–H and O–H groups in total. The Morgan fingerprint density at radius 3 is 2.61 bits per heavy atom. The van der Waals surface area contributed by atoms with Gasteiger partial charge in [0.25, 0.3) is 0 Å². The molecule has 1 aliphatic heterocycles. The van der Waals surface area contributed by atoms with Crippen LogP contribution in [0.4, 0.5) is 14.9 Å². The molecule has 0 radical (unpaired) electrons. The van der Waals surface area contributed by atoms with Gasteiger partial charge in [0.1, 0.15) is 5.82 Å². The zero-order chi connectivity index (χ0) is 20.1. The van der Waals surface area contributed by atoms with Crippen molar-refractivity contribution in [2.24, 2.45) is 5.41 Å².